The van der Waals surface area contributed by atoms with Crippen LogP contribution in [0.3, 0.4) is 0 Å². The maximum Gasteiger partial charge on any atom is 0.286 e. The van der Waals surface area contributed by atoms with Gasteiger partial charge in [0.25, 0.3) is 6.33 Å². The largest absolute Gasteiger partial charge is 0.286 e. The fraction of sp³-hybridized carbons (Fsp3) is 0.400. The van der Waals surface area contributed by atoms with Gasteiger partial charge in [0, 0.05) is 162 Å². The van der Waals surface area contributed by atoms with Gasteiger partial charge in [0.15, 0.2) is 34.9 Å². The molecule has 0 spiro atoms. The molecule has 10 nitrogen and oxygen atoms in total. The standard InChI is InChI=1S/C14H18NO.C14H18N.C13H16N.C12H15N2.C9H16NO.C8H13N2/c1-11-10-13(12-8-6-5-7-9-12)16-15(11)14(2,3)4;1-14(2,3)13-10-9-11-7-5-6-8-12(11)15(13)4;1-13(2,3)14-10-6-8-11-7-4-5-9-12(11)14;1-12(2,3)14-9-8-13-10-6-4-5-7-11(10)14;1-7-6-8(2)11-10(7)9(3,4)5;1-8(2,3)10-6-4-5-9-7-10/h5-10H,1-4H3;5-10H,1-4H3;4-10H,1-3H3;4-9H,1-3H3;6H,1-5H3;4-7H,1-3H3/q6*+1. The number of pyridine rings is 2. The summed E-state index contributed by atoms with van der Waals surface area (Å²) in [4.78, 5) is 8.35. The Hall–Kier alpha value is -7.46. The summed E-state index contributed by atoms with van der Waals surface area (Å²) in [6.07, 6.45) is 11.7. The van der Waals surface area contributed by atoms with Crippen molar-refractivity contribution in [1.82, 2.24) is 9.97 Å². The predicted molar refractivity (Wildman–Crippen MR) is 327 cm³/mol. The minimum Gasteiger partial charge on any atom is -0.244 e. The lowest BCUT2D eigenvalue weighted by Gasteiger charge is -2.16. The number of hydrogen-bond donors (Lipinski definition) is 0. The van der Waals surface area contributed by atoms with Crippen molar-refractivity contribution >= 4 is 32.8 Å². The Bertz CT molecular complexity index is 3440. The molecule has 0 amide bonds. The third kappa shape index (κ3) is 17.8. The molecule has 0 aliphatic rings. The van der Waals surface area contributed by atoms with E-state index >= 15 is 0 Å². The minimum atomic E-state index is -0.0168. The Morgan fingerprint density at radius 2 is 0.912 bits per heavy atom. The summed E-state index contributed by atoms with van der Waals surface area (Å²) in [6, 6.07) is 50.1. The summed E-state index contributed by atoms with van der Waals surface area (Å²) in [5.74, 6) is 1.89. The molecule has 4 aromatic carbocycles. The molecule has 422 valence electrons. The van der Waals surface area contributed by atoms with Crippen LogP contribution in [0.4, 0.5) is 0 Å². The number of aryl methyl sites for hydroxylation is 4. The first-order valence-corrected chi connectivity index (χ1v) is 28.1. The summed E-state index contributed by atoms with van der Waals surface area (Å²) in [6.45, 7) is 45.3. The highest BCUT2D eigenvalue weighted by molar-refractivity contribution is 5.76. The molecule has 0 aliphatic heterocycles. The van der Waals surface area contributed by atoms with Crippen LogP contribution in [0.15, 0.2) is 192 Å². The van der Waals surface area contributed by atoms with E-state index in [9.17, 15) is 0 Å². The highest BCUT2D eigenvalue weighted by atomic mass is 16.5. The van der Waals surface area contributed by atoms with Crippen LogP contribution >= 0.6 is 0 Å². The lowest BCUT2D eigenvalue weighted by atomic mass is 9.90. The Morgan fingerprint density at radius 1 is 0.412 bits per heavy atom. The van der Waals surface area contributed by atoms with Gasteiger partial charge in [-0.2, -0.15) is 13.7 Å². The van der Waals surface area contributed by atoms with Crippen LogP contribution in [0.1, 0.15) is 147 Å². The van der Waals surface area contributed by atoms with Crippen molar-refractivity contribution in [3.8, 4) is 11.3 Å². The third-order valence-electron chi connectivity index (χ3n) is 13.1. The molecule has 0 fully saturated rings. The maximum absolute atomic E-state index is 5.88. The molecule has 80 heavy (non-hydrogen) atoms. The number of benzene rings is 4. The fourth-order valence-electron chi connectivity index (χ4n) is 9.30. The summed E-state index contributed by atoms with van der Waals surface area (Å²) >= 11 is 0. The second-order valence-corrected chi connectivity index (χ2v) is 26.5. The first-order valence-electron chi connectivity index (χ1n) is 28.1. The van der Waals surface area contributed by atoms with Crippen molar-refractivity contribution in [3.63, 3.8) is 0 Å². The molecule has 0 saturated heterocycles. The summed E-state index contributed by atoms with van der Waals surface area (Å²) in [5.41, 5.74) is 10.2. The maximum atomic E-state index is 5.88. The number of hydrogen-bond acceptors (Lipinski definition) is 4. The molecule has 0 aliphatic carbocycles. The Kier molecular flexibility index (Phi) is 20.8. The van der Waals surface area contributed by atoms with E-state index in [2.05, 4.69) is 277 Å². The van der Waals surface area contributed by atoms with Crippen molar-refractivity contribution in [3.05, 3.63) is 206 Å². The van der Waals surface area contributed by atoms with Gasteiger partial charge in [0.2, 0.25) is 44.8 Å². The van der Waals surface area contributed by atoms with Crippen LogP contribution in [-0.2, 0) is 40.2 Å². The molecule has 0 atom stereocenters. The van der Waals surface area contributed by atoms with Gasteiger partial charge < -0.3 is 0 Å². The van der Waals surface area contributed by atoms with Gasteiger partial charge >= 0.3 is 0 Å². The average molecular weight is 1080 g/mol. The zero-order chi connectivity index (χ0) is 59.4. The monoisotopic (exact) mass is 1080 g/mol. The van der Waals surface area contributed by atoms with E-state index in [1.807, 2.05) is 89.9 Å². The molecular formula is C70H96N8O2+6. The first-order chi connectivity index (χ1) is 37.2. The summed E-state index contributed by atoms with van der Waals surface area (Å²) in [7, 11) is 2.14. The second kappa shape index (κ2) is 26.2. The van der Waals surface area contributed by atoms with Crippen molar-refractivity contribution in [2.75, 3.05) is 0 Å². The van der Waals surface area contributed by atoms with Gasteiger partial charge in [-0.05, 0) is 60.6 Å². The molecule has 10 rings (SSSR count). The molecule has 0 bridgehead atoms. The van der Waals surface area contributed by atoms with Crippen LogP contribution in [-0.4, -0.2) is 9.97 Å². The molecule has 10 aromatic rings. The molecule has 0 radical (unpaired) electrons. The van der Waals surface area contributed by atoms with Crippen LogP contribution in [0, 0.1) is 20.8 Å². The molecule has 0 unspecified atom stereocenters. The Morgan fingerprint density at radius 3 is 1.40 bits per heavy atom. The van der Waals surface area contributed by atoms with Gasteiger partial charge in [-0.1, -0.05) is 92.5 Å². The summed E-state index contributed by atoms with van der Waals surface area (Å²) < 4.78 is 24.2. The highest BCUT2D eigenvalue weighted by Crippen LogP contribution is 2.23. The van der Waals surface area contributed by atoms with Gasteiger partial charge in [0.05, 0.1) is 24.5 Å². The van der Waals surface area contributed by atoms with E-state index in [1.165, 1.54) is 38.7 Å². The number of aromatic nitrogens is 8. The van der Waals surface area contributed by atoms with Crippen molar-refractivity contribution in [2.24, 2.45) is 7.05 Å². The van der Waals surface area contributed by atoms with Crippen LogP contribution in [0.5, 0.6) is 0 Å². The SMILES string of the molecule is CC(C)(C)[n+]1cccc2ccccc21.CC(C)(C)[n+]1cccnc1.CC(C)(C)[n+]1ccnc2ccccc21.C[n+]1c(C(C)(C)C)ccc2ccccc21.Cc1cc(-c2ccccc2)o[n+]1C(C)(C)C.Cc1cc(C)[n+](C(C)(C)C)o1. The molecule has 10 heteroatoms. The van der Waals surface area contributed by atoms with Crippen LogP contribution < -0.4 is 27.7 Å². The van der Waals surface area contributed by atoms with E-state index < -0.39 is 0 Å². The number of nitrogens with zero attached hydrogens (tertiary/aromatic N) is 8. The molecule has 6 aromatic heterocycles. The first kappa shape index (κ1) is 63.4. The smallest absolute Gasteiger partial charge is 0.244 e. The molecule has 0 N–H and O–H groups in total. The average Bonchev–Trinajstić information content (AvgIpc) is 3.97. The van der Waals surface area contributed by atoms with Gasteiger partial charge in [0.1, 0.15) is 24.3 Å². The Balaban J connectivity index is 0.000000178. The number of rotatable bonds is 1. The minimum absolute atomic E-state index is 0.0168. The number of para-hydroxylation sites is 4. The zero-order valence-corrected chi connectivity index (χ0v) is 52.7. The second-order valence-electron chi connectivity index (χ2n) is 26.5. The third-order valence-corrected chi connectivity index (χ3v) is 13.1. The van der Waals surface area contributed by atoms with Crippen molar-refractivity contribution in [2.45, 2.75) is 179 Å². The van der Waals surface area contributed by atoms with Gasteiger partial charge in [-0.15, -0.1) is 0 Å². The van der Waals surface area contributed by atoms with E-state index in [0.717, 1.165) is 28.3 Å². The van der Waals surface area contributed by atoms with Crippen LogP contribution in [0.2, 0.25) is 0 Å². The van der Waals surface area contributed by atoms with E-state index in [-0.39, 0.29) is 33.1 Å². The topological polar surface area (TPSA) is 75.3 Å². The molecular weight excluding hydrogens is 985 g/mol. The van der Waals surface area contributed by atoms with Crippen molar-refractivity contribution < 1.29 is 36.8 Å². The fourth-order valence-corrected chi connectivity index (χ4v) is 9.30. The normalized spacial score (nSPS) is 11.9. The van der Waals surface area contributed by atoms with E-state index in [4.69, 9.17) is 9.05 Å². The Labute approximate surface area is 480 Å². The highest BCUT2D eigenvalue weighted by Gasteiger charge is 2.32. The summed E-state index contributed by atoms with van der Waals surface area (Å²) in [5, 5.41) is 2.60. The van der Waals surface area contributed by atoms with Crippen molar-refractivity contribution in [1.29, 1.82) is 0 Å². The van der Waals surface area contributed by atoms with E-state index in [1.54, 1.807) is 6.20 Å². The lowest BCUT2D eigenvalue weighted by molar-refractivity contribution is -0.911. The predicted octanol–water partition coefficient (Wildman–Crippen LogP) is 14.5. The zero-order valence-electron chi connectivity index (χ0n) is 52.7. The van der Waals surface area contributed by atoms with Gasteiger partial charge in [-0.3, -0.25) is 0 Å². The van der Waals surface area contributed by atoms with E-state index in [0.29, 0.717) is 0 Å². The van der Waals surface area contributed by atoms with Gasteiger partial charge in [-0.25, -0.2) is 18.6 Å². The lowest BCUT2D eigenvalue weighted by Crippen LogP contribution is -2.50. The number of fused-ring (bicyclic) bond motifs is 3. The molecule has 0 saturated carbocycles. The quantitative estimate of drug-likeness (QED) is 0.154. The molecule has 6 heterocycles. The van der Waals surface area contributed by atoms with Crippen LogP contribution in [0.25, 0.3) is 44.2 Å².